The molecule has 0 saturated carbocycles. The molecule has 0 bridgehead atoms. The van der Waals surface area contributed by atoms with Gasteiger partial charge in [0.1, 0.15) is 0 Å². The minimum absolute atomic E-state index is 0.0621. The van der Waals surface area contributed by atoms with Crippen LogP contribution < -0.4 is 5.32 Å². The number of esters is 1. The zero-order valence-electron chi connectivity index (χ0n) is 12.0. The first-order chi connectivity index (χ1) is 9.38. The van der Waals surface area contributed by atoms with Gasteiger partial charge in [0.2, 0.25) is 0 Å². The first-order valence-electron chi connectivity index (χ1n) is 6.44. The number of hydrogen-bond donors (Lipinski definition) is 1. The van der Waals surface area contributed by atoms with E-state index < -0.39 is 9.84 Å². The Balaban J connectivity index is 2.72. The molecule has 5 nitrogen and oxygen atoms in total. The third-order valence-corrected chi connectivity index (χ3v) is 5.79. The highest BCUT2D eigenvalue weighted by molar-refractivity contribution is 7.91. The van der Waals surface area contributed by atoms with Gasteiger partial charge in [-0.25, -0.2) is 8.42 Å². The zero-order chi connectivity index (χ0) is 15.2. The van der Waals surface area contributed by atoms with Crippen LogP contribution in [0.1, 0.15) is 31.2 Å². The minimum atomic E-state index is -3.04. The number of methoxy groups -OCH3 is 1. The molecule has 0 aliphatic rings. The van der Waals surface area contributed by atoms with E-state index in [2.05, 4.69) is 10.1 Å². The zero-order valence-corrected chi connectivity index (χ0v) is 13.6. The summed E-state index contributed by atoms with van der Waals surface area (Å²) in [6.45, 7) is 3.44. The van der Waals surface area contributed by atoms with Crippen LogP contribution in [0.25, 0.3) is 0 Å². The molecule has 114 valence electrons. The molecule has 0 fully saturated rings. The van der Waals surface area contributed by atoms with Crippen molar-refractivity contribution in [2.45, 2.75) is 32.4 Å². The van der Waals surface area contributed by atoms with Gasteiger partial charge in [0.15, 0.2) is 9.84 Å². The maximum absolute atomic E-state index is 11.6. The fourth-order valence-electron chi connectivity index (χ4n) is 1.87. The molecule has 1 rings (SSSR count). The van der Waals surface area contributed by atoms with Crippen LogP contribution in [0, 0.1) is 0 Å². The topological polar surface area (TPSA) is 72.5 Å². The van der Waals surface area contributed by atoms with Gasteiger partial charge in [-0.05, 0) is 18.4 Å². The maximum atomic E-state index is 11.6. The molecule has 7 heteroatoms. The van der Waals surface area contributed by atoms with Crippen LogP contribution in [0.15, 0.2) is 17.5 Å². The summed E-state index contributed by atoms with van der Waals surface area (Å²) in [5.74, 6) is -0.131. The summed E-state index contributed by atoms with van der Waals surface area (Å²) in [5, 5.41) is 5.13. The van der Waals surface area contributed by atoms with Crippen LogP contribution in [-0.4, -0.2) is 39.0 Å². The normalized spacial score (nSPS) is 14.8. The third-order valence-electron chi connectivity index (χ3n) is 2.91. The lowest BCUT2D eigenvalue weighted by Gasteiger charge is -2.21. The Morgan fingerprint density at radius 3 is 2.70 bits per heavy atom. The second kappa shape index (κ2) is 7.75. The van der Waals surface area contributed by atoms with E-state index in [-0.39, 0.29) is 36.0 Å². The van der Waals surface area contributed by atoms with Crippen molar-refractivity contribution in [1.82, 2.24) is 5.32 Å². The smallest absolute Gasteiger partial charge is 0.307 e. The summed E-state index contributed by atoms with van der Waals surface area (Å²) in [6.07, 6.45) is 0.188. The van der Waals surface area contributed by atoms with Crippen molar-refractivity contribution in [1.29, 1.82) is 0 Å². The molecule has 0 saturated heterocycles. The van der Waals surface area contributed by atoms with Gasteiger partial charge in [-0.3, -0.25) is 4.79 Å². The van der Waals surface area contributed by atoms with E-state index in [4.69, 9.17) is 0 Å². The molecule has 0 radical (unpaired) electrons. The highest BCUT2D eigenvalue weighted by Gasteiger charge is 2.22. The van der Waals surface area contributed by atoms with E-state index in [1.54, 1.807) is 6.92 Å². The van der Waals surface area contributed by atoms with E-state index in [1.165, 1.54) is 18.4 Å². The molecule has 0 aromatic carbocycles. The predicted molar refractivity (Wildman–Crippen MR) is 80.6 cm³/mol. The van der Waals surface area contributed by atoms with E-state index in [0.717, 1.165) is 4.88 Å². The molecule has 1 N–H and O–H groups in total. The van der Waals surface area contributed by atoms with Crippen LogP contribution in [0.2, 0.25) is 0 Å². The summed E-state index contributed by atoms with van der Waals surface area (Å²) in [4.78, 5) is 12.5. The number of hydrogen-bond acceptors (Lipinski definition) is 6. The molecular weight excluding hydrogens is 298 g/mol. The molecule has 0 spiro atoms. The number of carbonyl (C=O) groups excluding carboxylic acids is 1. The quantitative estimate of drug-likeness (QED) is 0.739. The Morgan fingerprint density at radius 2 is 2.20 bits per heavy atom. The highest BCUT2D eigenvalue weighted by atomic mass is 32.2. The summed E-state index contributed by atoms with van der Waals surface area (Å²) < 4.78 is 27.9. The predicted octanol–water partition coefficient (Wildman–Crippen LogP) is 1.77. The van der Waals surface area contributed by atoms with Crippen molar-refractivity contribution in [2.75, 3.05) is 18.6 Å². The SMILES string of the molecule is CCS(=O)(=O)CC(C)NC(CC(=O)OC)c1cccs1. The fraction of sp³-hybridized carbons (Fsp3) is 0.615. The summed E-state index contributed by atoms with van der Waals surface area (Å²) in [5.41, 5.74) is 0. The van der Waals surface area contributed by atoms with Gasteiger partial charge in [0.05, 0.1) is 25.3 Å². The lowest BCUT2D eigenvalue weighted by atomic mass is 10.1. The van der Waals surface area contributed by atoms with Crippen LogP contribution in [0.3, 0.4) is 0 Å². The number of rotatable bonds is 8. The van der Waals surface area contributed by atoms with Gasteiger partial charge in [-0.2, -0.15) is 0 Å². The Morgan fingerprint density at radius 1 is 1.50 bits per heavy atom. The lowest BCUT2D eigenvalue weighted by Crippen LogP contribution is -2.37. The Hall–Kier alpha value is -0.920. The Kier molecular flexibility index (Phi) is 6.64. The van der Waals surface area contributed by atoms with Crippen LogP contribution in [-0.2, 0) is 19.4 Å². The second-order valence-corrected chi connectivity index (χ2v) is 7.99. The number of ether oxygens (including phenoxy) is 1. The van der Waals surface area contributed by atoms with Crippen molar-refractivity contribution in [3.8, 4) is 0 Å². The Bertz CT molecular complexity index is 510. The summed E-state index contributed by atoms with van der Waals surface area (Å²) in [7, 11) is -1.70. The molecule has 1 aromatic rings. The summed E-state index contributed by atoms with van der Waals surface area (Å²) in [6, 6.07) is 3.38. The number of sulfone groups is 1. The third kappa shape index (κ3) is 5.60. The van der Waals surface area contributed by atoms with Gasteiger partial charge in [0, 0.05) is 16.7 Å². The lowest BCUT2D eigenvalue weighted by molar-refractivity contribution is -0.141. The van der Waals surface area contributed by atoms with Gasteiger partial charge in [-0.1, -0.05) is 13.0 Å². The van der Waals surface area contributed by atoms with Crippen molar-refractivity contribution in [3.05, 3.63) is 22.4 Å². The van der Waals surface area contributed by atoms with Gasteiger partial charge in [-0.15, -0.1) is 11.3 Å². The average molecular weight is 319 g/mol. The van der Waals surface area contributed by atoms with Crippen molar-refractivity contribution in [2.24, 2.45) is 0 Å². The van der Waals surface area contributed by atoms with Crippen molar-refractivity contribution < 1.29 is 17.9 Å². The highest BCUT2D eigenvalue weighted by Crippen LogP contribution is 2.23. The fourth-order valence-corrected chi connectivity index (χ4v) is 3.75. The molecule has 1 heterocycles. The van der Waals surface area contributed by atoms with E-state index in [9.17, 15) is 13.2 Å². The molecule has 20 heavy (non-hydrogen) atoms. The first-order valence-corrected chi connectivity index (χ1v) is 9.14. The molecule has 2 unspecified atom stereocenters. The van der Waals surface area contributed by atoms with Crippen LogP contribution in [0.5, 0.6) is 0 Å². The summed E-state index contributed by atoms with van der Waals surface area (Å²) >= 11 is 1.53. The molecule has 2 atom stereocenters. The molecule has 0 amide bonds. The van der Waals surface area contributed by atoms with Crippen LogP contribution in [0.4, 0.5) is 0 Å². The molecule has 1 aromatic heterocycles. The van der Waals surface area contributed by atoms with Crippen molar-refractivity contribution in [3.63, 3.8) is 0 Å². The van der Waals surface area contributed by atoms with Gasteiger partial charge < -0.3 is 10.1 Å². The molecular formula is C13H21NO4S2. The standard InChI is InChI=1S/C13H21NO4S2/c1-4-20(16,17)9-10(2)14-11(8-13(15)18-3)12-6-5-7-19-12/h5-7,10-11,14H,4,8-9H2,1-3H3. The van der Waals surface area contributed by atoms with Gasteiger partial charge in [0.25, 0.3) is 0 Å². The van der Waals surface area contributed by atoms with E-state index in [0.29, 0.717) is 0 Å². The Labute approximate surface area is 124 Å². The van der Waals surface area contributed by atoms with Gasteiger partial charge >= 0.3 is 5.97 Å². The second-order valence-electron chi connectivity index (χ2n) is 4.61. The van der Waals surface area contributed by atoms with E-state index >= 15 is 0 Å². The number of nitrogens with one attached hydrogen (secondary N) is 1. The molecule has 0 aliphatic heterocycles. The maximum Gasteiger partial charge on any atom is 0.307 e. The van der Waals surface area contributed by atoms with Crippen LogP contribution >= 0.6 is 11.3 Å². The number of carbonyl (C=O) groups is 1. The molecule has 0 aliphatic carbocycles. The average Bonchev–Trinajstić information content (AvgIpc) is 2.91. The van der Waals surface area contributed by atoms with Crippen molar-refractivity contribution >= 4 is 27.1 Å². The first kappa shape index (κ1) is 17.1. The van der Waals surface area contributed by atoms with E-state index in [1.807, 2.05) is 24.4 Å². The minimum Gasteiger partial charge on any atom is -0.469 e. The largest absolute Gasteiger partial charge is 0.469 e. The number of thiophene rings is 1. The monoisotopic (exact) mass is 319 g/mol.